The maximum absolute atomic E-state index is 12.9. The summed E-state index contributed by atoms with van der Waals surface area (Å²) in [5, 5.41) is 2.99. The Hall–Kier alpha value is -1.97. The van der Waals surface area contributed by atoms with Crippen LogP contribution < -0.4 is 5.32 Å². The van der Waals surface area contributed by atoms with E-state index in [-0.39, 0.29) is 5.82 Å². The highest BCUT2D eigenvalue weighted by Crippen LogP contribution is 2.14. The number of hydrogen-bond acceptors (Lipinski definition) is 3. The number of aryl methyl sites for hydroxylation is 1. The van der Waals surface area contributed by atoms with Crippen LogP contribution in [0.2, 0.25) is 0 Å². The monoisotopic (exact) mass is 203 g/mol. The van der Waals surface area contributed by atoms with Gasteiger partial charge in [-0.3, -0.25) is 0 Å². The third kappa shape index (κ3) is 2.49. The van der Waals surface area contributed by atoms with Gasteiger partial charge in [0, 0.05) is 17.4 Å². The van der Waals surface area contributed by atoms with E-state index in [4.69, 9.17) is 0 Å². The lowest BCUT2D eigenvalue weighted by Crippen LogP contribution is -1.95. The summed E-state index contributed by atoms with van der Waals surface area (Å²) in [6, 6.07) is 8.03. The molecule has 1 aromatic heterocycles. The average Bonchev–Trinajstić information content (AvgIpc) is 2.17. The van der Waals surface area contributed by atoms with Gasteiger partial charge in [0.2, 0.25) is 0 Å². The number of aromatic nitrogens is 2. The molecule has 4 heteroatoms. The normalized spacial score (nSPS) is 10.0. The maximum Gasteiger partial charge on any atom is 0.133 e. The highest BCUT2D eigenvalue weighted by atomic mass is 19.1. The highest BCUT2D eigenvalue weighted by molar-refractivity contribution is 5.55. The summed E-state index contributed by atoms with van der Waals surface area (Å²) < 4.78 is 12.9. The van der Waals surface area contributed by atoms with Gasteiger partial charge in [-0.15, -0.1) is 0 Å². The first kappa shape index (κ1) is 9.58. The van der Waals surface area contributed by atoms with Crippen molar-refractivity contribution in [1.82, 2.24) is 9.97 Å². The molecule has 3 nitrogen and oxygen atoms in total. The smallest absolute Gasteiger partial charge is 0.133 e. The van der Waals surface area contributed by atoms with Crippen molar-refractivity contribution in [2.75, 3.05) is 5.32 Å². The van der Waals surface area contributed by atoms with Crippen LogP contribution >= 0.6 is 0 Å². The molecule has 0 saturated carbocycles. The summed E-state index contributed by atoms with van der Waals surface area (Å²) in [6.45, 7) is 1.87. The van der Waals surface area contributed by atoms with Crippen LogP contribution in [0.1, 0.15) is 5.69 Å². The van der Waals surface area contributed by atoms with Crippen molar-refractivity contribution >= 4 is 11.5 Å². The number of anilines is 2. The molecule has 0 aliphatic rings. The van der Waals surface area contributed by atoms with Gasteiger partial charge in [-0.2, -0.15) is 0 Å². The standard InChI is InChI=1S/C11H10FN3/c1-8-5-11(14-7-13-8)15-10-4-2-3-9(12)6-10/h2-7H,1H3,(H,13,14,15). The van der Waals surface area contributed by atoms with Crippen LogP contribution in [0.4, 0.5) is 15.9 Å². The van der Waals surface area contributed by atoms with Crippen LogP contribution in [-0.4, -0.2) is 9.97 Å². The van der Waals surface area contributed by atoms with Crippen LogP contribution in [0.15, 0.2) is 36.7 Å². The molecule has 0 amide bonds. The fourth-order valence-corrected chi connectivity index (χ4v) is 1.24. The average molecular weight is 203 g/mol. The lowest BCUT2D eigenvalue weighted by Gasteiger charge is -2.05. The predicted octanol–water partition coefficient (Wildman–Crippen LogP) is 2.67. The van der Waals surface area contributed by atoms with Gasteiger partial charge in [0.25, 0.3) is 0 Å². The number of hydrogen-bond donors (Lipinski definition) is 1. The van der Waals surface area contributed by atoms with Crippen LogP contribution in [0.3, 0.4) is 0 Å². The van der Waals surface area contributed by atoms with Crippen molar-refractivity contribution < 1.29 is 4.39 Å². The fourth-order valence-electron chi connectivity index (χ4n) is 1.24. The number of nitrogens with zero attached hydrogens (tertiary/aromatic N) is 2. The summed E-state index contributed by atoms with van der Waals surface area (Å²) in [5.41, 5.74) is 1.54. The van der Waals surface area contributed by atoms with Crippen molar-refractivity contribution in [2.24, 2.45) is 0 Å². The van der Waals surface area contributed by atoms with Crippen molar-refractivity contribution in [3.63, 3.8) is 0 Å². The number of benzene rings is 1. The molecule has 0 radical (unpaired) electrons. The van der Waals surface area contributed by atoms with Crippen LogP contribution in [0, 0.1) is 12.7 Å². The van der Waals surface area contributed by atoms with Crippen LogP contribution in [-0.2, 0) is 0 Å². The van der Waals surface area contributed by atoms with E-state index in [1.165, 1.54) is 18.5 Å². The maximum atomic E-state index is 12.9. The number of halogens is 1. The molecular formula is C11H10FN3. The minimum absolute atomic E-state index is 0.272. The second-order valence-electron chi connectivity index (χ2n) is 3.18. The van der Waals surface area contributed by atoms with E-state index in [9.17, 15) is 4.39 Å². The quantitative estimate of drug-likeness (QED) is 0.815. The molecule has 2 aromatic rings. The Morgan fingerprint density at radius 1 is 1.20 bits per heavy atom. The Kier molecular flexibility index (Phi) is 2.58. The van der Waals surface area contributed by atoms with Gasteiger partial charge in [0.1, 0.15) is 18.0 Å². The summed E-state index contributed by atoms with van der Waals surface area (Å²) in [6.07, 6.45) is 1.47. The molecule has 0 fully saturated rings. The van der Waals surface area contributed by atoms with E-state index in [1.54, 1.807) is 18.2 Å². The van der Waals surface area contributed by atoms with Crippen molar-refractivity contribution in [3.05, 3.63) is 48.2 Å². The van der Waals surface area contributed by atoms with Gasteiger partial charge >= 0.3 is 0 Å². The molecule has 1 heterocycles. The Morgan fingerprint density at radius 2 is 2.07 bits per heavy atom. The molecule has 0 bridgehead atoms. The fraction of sp³-hybridized carbons (Fsp3) is 0.0909. The summed E-state index contributed by atoms with van der Waals surface area (Å²) in [5.74, 6) is 0.388. The summed E-state index contributed by atoms with van der Waals surface area (Å²) in [4.78, 5) is 7.99. The summed E-state index contributed by atoms with van der Waals surface area (Å²) >= 11 is 0. The minimum Gasteiger partial charge on any atom is -0.340 e. The zero-order valence-electron chi connectivity index (χ0n) is 8.24. The van der Waals surface area contributed by atoms with Crippen molar-refractivity contribution in [1.29, 1.82) is 0 Å². The molecule has 1 N–H and O–H groups in total. The van der Waals surface area contributed by atoms with Gasteiger partial charge < -0.3 is 5.32 Å². The first-order chi connectivity index (χ1) is 7.24. The van der Waals surface area contributed by atoms with E-state index >= 15 is 0 Å². The molecule has 0 atom stereocenters. The number of nitrogens with one attached hydrogen (secondary N) is 1. The van der Waals surface area contributed by atoms with E-state index in [1.807, 2.05) is 6.92 Å². The van der Waals surface area contributed by atoms with Crippen molar-refractivity contribution in [2.45, 2.75) is 6.92 Å². The predicted molar refractivity (Wildman–Crippen MR) is 56.5 cm³/mol. The topological polar surface area (TPSA) is 37.8 Å². The SMILES string of the molecule is Cc1cc(Nc2cccc(F)c2)ncn1. The van der Waals surface area contributed by atoms with Crippen LogP contribution in [0.25, 0.3) is 0 Å². The van der Waals surface area contributed by atoms with E-state index < -0.39 is 0 Å². The zero-order chi connectivity index (χ0) is 10.7. The molecule has 1 aromatic carbocycles. The third-order valence-electron chi connectivity index (χ3n) is 1.90. The Bertz CT molecular complexity index is 427. The molecule has 0 spiro atoms. The second kappa shape index (κ2) is 4.04. The molecule has 0 unspecified atom stereocenters. The molecule has 0 saturated heterocycles. The molecule has 76 valence electrons. The van der Waals surface area contributed by atoms with Gasteiger partial charge in [-0.1, -0.05) is 6.07 Å². The van der Waals surface area contributed by atoms with Crippen molar-refractivity contribution in [3.8, 4) is 0 Å². The Morgan fingerprint density at radius 3 is 2.80 bits per heavy atom. The lowest BCUT2D eigenvalue weighted by atomic mass is 10.3. The minimum atomic E-state index is -0.272. The first-order valence-electron chi connectivity index (χ1n) is 4.55. The van der Waals surface area contributed by atoms with Gasteiger partial charge in [-0.05, 0) is 25.1 Å². The lowest BCUT2D eigenvalue weighted by molar-refractivity contribution is 0.628. The van der Waals surface area contributed by atoms with Crippen LogP contribution in [0.5, 0.6) is 0 Å². The Balaban J connectivity index is 2.22. The largest absolute Gasteiger partial charge is 0.340 e. The molecule has 15 heavy (non-hydrogen) atoms. The third-order valence-corrected chi connectivity index (χ3v) is 1.90. The van der Waals surface area contributed by atoms with E-state index in [0.717, 1.165) is 5.69 Å². The highest BCUT2D eigenvalue weighted by Gasteiger charge is 1.97. The molecule has 0 aliphatic carbocycles. The second-order valence-corrected chi connectivity index (χ2v) is 3.18. The van der Waals surface area contributed by atoms with E-state index in [0.29, 0.717) is 11.5 Å². The molecule has 2 rings (SSSR count). The number of rotatable bonds is 2. The molecule has 0 aliphatic heterocycles. The first-order valence-corrected chi connectivity index (χ1v) is 4.55. The molecular weight excluding hydrogens is 193 g/mol. The van der Waals surface area contributed by atoms with E-state index in [2.05, 4.69) is 15.3 Å². The Labute approximate surface area is 87.0 Å². The zero-order valence-corrected chi connectivity index (χ0v) is 8.24. The summed E-state index contributed by atoms with van der Waals surface area (Å²) in [7, 11) is 0. The van der Waals surface area contributed by atoms with Gasteiger partial charge in [0.05, 0.1) is 0 Å². The van der Waals surface area contributed by atoms with Gasteiger partial charge in [-0.25, -0.2) is 14.4 Å². The van der Waals surface area contributed by atoms with Gasteiger partial charge in [0.15, 0.2) is 0 Å².